The molecule has 88 valence electrons. The zero-order valence-corrected chi connectivity index (χ0v) is 9.44. The van der Waals surface area contributed by atoms with Crippen molar-refractivity contribution in [3.63, 3.8) is 0 Å². The smallest absolute Gasteiger partial charge is 0.220 e. The fourth-order valence-electron chi connectivity index (χ4n) is 1.36. The summed E-state index contributed by atoms with van der Waals surface area (Å²) in [5.74, 6) is -0.0306. The Balaban J connectivity index is 2.43. The van der Waals surface area contributed by atoms with Gasteiger partial charge in [-0.3, -0.25) is 4.79 Å². The van der Waals surface area contributed by atoms with Gasteiger partial charge in [-0.2, -0.15) is 0 Å². The van der Waals surface area contributed by atoms with E-state index in [2.05, 4.69) is 5.32 Å². The molecule has 1 atom stereocenters. The fraction of sp³-hybridized carbons (Fsp3) is 0.417. The molecule has 0 aliphatic heterocycles. The van der Waals surface area contributed by atoms with E-state index in [1.165, 1.54) is 0 Å². The summed E-state index contributed by atoms with van der Waals surface area (Å²) in [6, 6.07) is 6.97. The van der Waals surface area contributed by atoms with Crippen LogP contribution in [-0.2, 0) is 4.79 Å². The molecule has 4 nitrogen and oxygen atoms in total. The van der Waals surface area contributed by atoms with Gasteiger partial charge in [0.25, 0.3) is 0 Å². The van der Waals surface area contributed by atoms with Gasteiger partial charge in [0.15, 0.2) is 0 Å². The highest BCUT2D eigenvalue weighted by molar-refractivity contribution is 5.75. The highest BCUT2D eigenvalue weighted by Gasteiger charge is 2.08. The Kier molecular flexibility index (Phi) is 4.79. The van der Waals surface area contributed by atoms with Crippen LogP contribution in [0.5, 0.6) is 0 Å². The maximum atomic E-state index is 11.2. The first-order valence-corrected chi connectivity index (χ1v) is 5.43. The van der Waals surface area contributed by atoms with Crippen LogP contribution in [0, 0.1) is 0 Å². The summed E-state index contributed by atoms with van der Waals surface area (Å²) in [6.45, 7) is 2.18. The van der Waals surface area contributed by atoms with Crippen LogP contribution in [0.3, 0.4) is 0 Å². The van der Waals surface area contributed by atoms with Crippen molar-refractivity contribution in [3.05, 3.63) is 29.8 Å². The molecule has 0 aromatic heterocycles. The lowest BCUT2D eigenvalue weighted by molar-refractivity contribution is -0.121. The molecule has 1 amide bonds. The standard InChI is InChI=1S/C12H18N2O2/c1-2-3-12(16)14-8-11(15)9-4-6-10(13)7-5-9/h4-7,11,15H,2-3,8,13H2,1H3,(H,14,16). The number of benzene rings is 1. The molecule has 1 rings (SSSR count). The number of anilines is 1. The second kappa shape index (κ2) is 6.12. The molecule has 1 aromatic carbocycles. The summed E-state index contributed by atoms with van der Waals surface area (Å²) in [4.78, 5) is 11.2. The first-order chi connectivity index (χ1) is 7.63. The highest BCUT2D eigenvalue weighted by atomic mass is 16.3. The quantitative estimate of drug-likeness (QED) is 0.656. The van der Waals surface area contributed by atoms with Crippen LogP contribution in [0.25, 0.3) is 0 Å². The number of hydrogen-bond donors (Lipinski definition) is 3. The first-order valence-electron chi connectivity index (χ1n) is 5.43. The van der Waals surface area contributed by atoms with Crippen molar-refractivity contribution < 1.29 is 9.90 Å². The van der Waals surface area contributed by atoms with E-state index in [-0.39, 0.29) is 12.5 Å². The van der Waals surface area contributed by atoms with Crippen LogP contribution in [-0.4, -0.2) is 17.6 Å². The molecule has 0 aliphatic carbocycles. The summed E-state index contributed by atoms with van der Waals surface area (Å²) in [7, 11) is 0. The highest BCUT2D eigenvalue weighted by Crippen LogP contribution is 2.13. The van der Waals surface area contributed by atoms with E-state index in [1.54, 1.807) is 24.3 Å². The molecule has 4 N–H and O–H groups in total. The predicted molar refractivity (Wildman–Crippen MR) is 63.7 cm³/mol. The monoisotopic (exact) mass is 222 g/mol. The van der Waals surface area contributed by atoms with Gasteiger partial charge in [0.2, 0.25) is 5.91 Å². The number of amides is 1. The van der Waals surface area contributed by atoms with Gasteiger partial charge in [-0.15, -0.1) is 0 Å². The number of nitrogens with one attached hydrogen (secondary N) is 1. The molecule has 0 aliphatic rings. The lowest BCUT2D eigenvalue weighted by Crippen LogP contribution is -2.27. The lowest BCUT2D eigenvalue weighted by atomic mass is 10.1. The second-order valence-corrected chi connectivity index (χ2v) is 3.74. The van der Waals surface area contributed by atoms with Gasteiger partial charge in [0, 0.05) is 18.7 Å². The largest absolute Gasteiger partial charge is 0.399 e. The number of rotatable bonds is 5. The molecule has 0 fully saturated rings. The molecule has 0 saturated heterocycles. The number of carbonyl (C=O) groups excluding carboxylic acids is 1. The van der Waals surface area contributed by atoms with E-state index in [0.29, 0.717) is 12.1 Å². The van der Waals surface area contributed by atoms with Gasteiger partial charge < -0.3 is 16.2 Å². The van der Waals surface area contributed by atoms with Crippen LogP contribution in [0.15, 0.2) is 24.3 Å². The molecule has 1 aromatic rings. The first kappa shape index (κ1) is 12.5. The third-order valence-electron chi connectivity index (χ3n) is 2.29. The zero-order chi connectivity index (χ0) is 12.0. The maximum Gasteiger partial charge on any atom is 0.220 e. The Hall–Kier alpha value is -1.55. The Morgan fingerprint density at radius 3 is 2.62 bits per heavy atom. The number of hydrogen-bond acceptors (Lipinski definition) is 3. The molecule has 0 radical (unpaired) electrons. The summed E-state index contributed by atoms with van der Waals surface area (Å²) < 4.78 is 0. The summed E-state index contributed by atoms with van der Waals surface area (Å²) in [6.07, 6.45) is 0.625. The van der Waals surface area contributed by atoms with Crippen molar-refractivity contribution in [1.29, 1.82) is 0 Å². The van der Waals surface area contributed by atoms with Gasteiger partial charge in [0.1, 0.15) is 0 Å². The van der Waals surface area contributed by atoms with Gasteiger partial charge in [0.05, 0.1) is 6.10 Å². The fourth-order valence-corrected chi connectivity index (χ4v) is 1.36. The summed E-state index contributed by atoms with van der Waals surface area (Å²) in [5, 5.41) is 12.4. The molecule has 1 unspecified atom stereocenters. The average molecular weight is 222 g/mol. The van der Waals surface area contributed by atoms with E-state index in [0.717, 1.165) is 12.0 Å². The van der Waals surface area contributed by atoms with E-state index < -0.39 is 6.10 Å². The van der Waals surface area contributed by atoms with E-state index >= 15 is 0 Å². The molecular weight excluding hydrogens is 204 g/mol. The molecule has 0 heterocycles. The van der Waals surface area contributed by atoms with Crippen molar-refractivity contribution in [3.8, 4) is 0 Å². The average Bonchev–Trinajstić information content (AvgIpc) is 2.27. The Labute approximate surface area is 95.5 Å². The molecule has 0 bridgehead atoms. The Morgan fingerprint density at radius 1 is 1.44 bits per heavy atom. The minimum absolute atomic E-state index is 0.0306. The van der Waals surface area contributed by atoms with Gasteiger partial charge in [-0.25, -0.2) is 0 Å². The zero-order valence-electron chi connectivity index (χ0n) is 9.44. The van der Waals surface area contributed by atoms with Gasteiger partial charge in [-0.05, 0) is 24.1 Å². The Bertz CT molecular complexity index is 335. The van der Waals surface area contributed by atoms with Crippen molar-refractivity contribution in [2.45, 2.75) is 25.9 Å². The van der Waals surface area contributed by atoms with Crippen LogP contribution in [0.4, 0.5) is 5.69 Å². The predicted octanol–water partition coefficient (Wildman–Crippen LogP) is 1.22. The van der Waals surface area contributed by atoms with Crippen LogP contribution >= 0.6 is 0 Å². The topological polar surface area (TPSA) is 75.3 Å². The molecular formula is C12H18N2O2. The van der Waals surface area contributed by atoms with Crippen LogP contribution in [0.1, 0.15) is 31.4 Å². The third kappa shape index (κ3) is 3.90. The van der Waals surface area contributed by atoms with E-state index in [1.807, 2.05) is 6.92 Å². The minimum atomic E-state index is -0.679. The summed E-state index contributed by atoms with van der Waals surface area (Å²) >= 11 is 0. The van der Waals surface area contributed by atoms with Gasteiger partial charge >= 0.3 is 0 Å². The van der Waals surface area contributed by atoms with Crippen molar-refractivity contribution in [2.75, 3.05) is 12.3 Å². The molecule has 0 saturated carbocycles. The normalized spacial score (nSPS) is 12.1. The van der Waals surface area contributed by atoms with Crippen LogP contribution in [0.2, 0.25) is 0 Å². The Morgan fingerprint density at radius 2 is 2.06 bits per heavy atom. The number of aliphatic hydroxyl groups is 1. The van der Waals surface area contributed by atoms with E-state index in [9.17, 15) is 9.90 Å². The van der Waals surface area contributed by atoms with Gasteiger partial charge in [-0.1, -0.05) is 19.1 Å². The lowest BCUT2D eigenvalue weighted by Gasteiger charge is -2.12. The number of nitrogen functional groups attached to an aromatic ring is 1. The van der Waals surface area contributed by atoms with Crippen molar-refractivity contribution in [2.24, 2.45) is 0 Å². The molecule has 0 spiro atoms. The van der Waals surface area contributed by atoms with Crippen molar-refractivity contribution >= 4 is 11.6 Å². The minimum Gasteiger partial charge on any atom is -0.399 e. The SMILES string of the molecule is CCCC(=O)NCC(O)c1ccc(N)cc1. The number of nitrogens with two attached hydrogens (primary N) is 1. The number of aliphatic hydroxyl groups excluding tert-OH is 1. The summed E-state index contributed by atoms with van der Waals surface area (Å²) in [5.41, 5.74) is 6.95. The van der Waals surface area contributed by atoms with Crippen LogP contribution < -0.4 is 11.1 Å². The maximum absolute atomic E-state index is 11.2. The third-order valence-corrected chi connectivity index (χ3v) is 2.29. The second-order valence-electron chi connectivity index (χ2n) is 3.74. The molecule has 4 heteroatoms. The van der Waals surface area contributed by atoms with Crippen molar-refractivity contribution in [1.82, 2.24) is 5.32 Å². The molecule has 16 heavy (non-hydrogen) atoms. The number of carbonyl (C=O) groups is 1. The van der Waals surface area contributed by atoms with E-state index in [4.69, 9.17) is 5.73 Å².